The Balaban J connectivity index is 2.44. The summed E-state index contributed by atoms with van der Waals surface area (Å²) in [6.45, 7) is 1.79. The van der Waals surface area contributed by atoms with E-state index in [0.29, 0.717) is 24.8 Å². The third-order valence-corrected chi connectivity index (χ3v) is 3.40. The maximum absolute atomic E-state index is 6.12. The molecule has 0 heterocycles. The number of halogens is 2. The summed E-state index contributed by atoms with van der Waals surface area (Å²) in [6.07, 6.45) is 0.728. The van der Waals surface area contributed by atoms with Crippen LogP contribution in [0, 0.1) is 0 Å². The second-order valence-electron chi connectivity index (χ2n) is 3.64. The Bertz CT molecular complexity index is 329. The van der Waals surface area contributed by atoms with E-state index >= 15 is 0 Å². The first-order valence-corrected chi connectivity index (χ1v) is 6.60. The number of hydrogen-bond donors (Lipinski definition) is 1. The van der Waals surface area contributed by atoms with Crippen molar-refractivity contribution in [3.63, 3.8) is 0 Å². The lowest BCUT2D eigenvalue weighted by atomic mass is 10.1. The Hall–Kier alpha value is -0.130. The van der Waals surface area contributed by atoms with Crippen LogP contribution in [0.4, 0.5) is 0 Å². The fourth-order valence-electron chi connectivity index (χ4n) is 1.46. The third kappa shape index (κ3) is 4.94. The van der Waals surface area contributed by atoms with Gasteiger partial charge < -0.3 is 15.2 Å². The minimum Gasteiger partial charge on any atom is -0.382 e. The molecule has 0 fully saturated rings. The van der Waals surface area contributed by atoms with Crippen LogP contribution in [0.25, 0.3) is 0 Å². The summed E-state index contributed by atoms with van der Waals surface area (Å²) in [5.74, 6) is 0. The van der Waals surface area contributed by atoms with Gasteiger partial charge in [-0.1, -0.05) is 33.6 Å². The first kappa shape index (κ1) is 14.9. The van der Waals surface area contributed by atoms with Crippen molar-refractivity contribution in [3.8, 4) is 0 Å². The number of nitrogens with two attached hydrogens (primary N) is 1. The van der Waals surface area contributed by atoms with E-state index in [9.17, 15) is 0 Å². The Labute approximate surface area is 115 Å². The quantitative estimate of drug-likeness (QED) is 0.784. The molecule has 1 aromatic rings. The Morgan fingerprint density at radius 3 is 2.76 bits per heavy atom. The Kier molecular flexibility index (Phi) is 7.08. The molecule has 3 nitrogen and oxygen atoms in total. The van der Waals surface area contributed by atoms with Gasteiger partial charge in [-0.2, -0.15) is 0 Å². The Morgan fingerprint density at radius 1 is 1.35 bits per heavy atom. The fraction of sp³-hybridized carbons (Fsp3) is 0.500. The molecule has 0 saturated heterocycles. The molecule has 1 unspecified atom stereocenters. The van der Waals surface area contributed by atoms with Crippen molar-refractivity contribution in [2.75, 3.05) is 26.9 Å². The SMILES string of the molecule is COCCOCCC(N)c1c(Cl)cccc1Br. The van der Waals surface area contributed by atoms with Crippen LogP contribution in [0.1, 0.15) is 18.0 Å². The monoisotopic (exact) mass is 321 g/mol. The van der Waals surface area contributed by atoms with Gasteiger partial charge >= 0.3 is 0 Å². The molecule has 1 aromatic carbocycles. The smallest absolute Gasteiger partial charge is 0.0700 e. The van der Waals surface area contributed by atoms with Crippen LogP contribution in [0.5, 0.6) is 0 Å². The lowest BCUT2D eigenvalue weighted by molar-refractivity contribution is 0.0672. The van der Waals surface area contributed by atoms with Gasteiger partial charge in [0.05, 0.1) is 13.2 Å². The summed E-state index contributed by atoms with van der Waals surface area (Å²) in [4.78, 5) is 0. The van der Waals surface area contributed by atoms with Gasteiger partial charge in [-0.3, -0.25) is 0 Å². The van der Waals surface area contributed by atoms with Crippen molar-refractivity contribution in [1.29, 1.82) is 0 Å². The topological polar surface area (TPSA) is 44.5 Å². The van der Waals surface area contributed by atoms with Crippen LogP contribution >= 0.6 is 27.5 Å². The molecule has 1 atom stereocenters. The normalized spacial score (nSPS) is 12.7. The Morgan fingerprint density at radius 2 is 2.12 bits per heavy atom. The molecular formula is C12H17BrClNO2. The largest absolute Gasteiger partial charge is 0.382 e. The van der Waals surface area contributed by atoms with E-state index in [1.165, 1.54) is 0 Å². The zero-order chi connectivity index (χ0) is 12.7. The van der Waals surface area contributed by atoms with Crippen LogP contribution in [0.2, 0.25) is 5.02 Å². The summed E-state index contributed by atoms with van der Waals surface area (Å²) >= 11 is 9.57. The van der Waals surface area contributed by atoms with Gasteiger partial charge in [-0.25, -0.2) is 0 Å². The molecule has 2 N–H and O–H groups in total. The molecule has 0 aliphatic heterocycles. The highest BCUT2D eigenvalue weighted by molar-refractivity contribution is 9.10. The fourth-order valence-corrected chi connectivity index (χ4v) is 2.55. The highest BCUT2D eigenvalue weighted by atomic mass is 79.9. The van der Waals surface area contributed by atoms with Gasteiger partial charge in [-0.05, 0) is 18.6 Å². The minimum absolute atomic E-state index is 0.124. The average molecular weight is 323 g/mol. The van der Waals surface area contributed by atoms with Crippen molar-refractivity contribution in [2.45, 2.75) is 12.5 Å². The molecule has 5 heteroatoms. The number of benzene rings is 1. The molecule has 0 saturated carbocycles. The number of ether oxygens (including phenoxy) is 2. The number of hydrogen-bond acceptors (Lipinski definition) is 3. The second-order valence-corrected chi connectivity index (χ2v) is 4.90. The highest BCUT2D eigenvalue weighted by Gasteiger charge is 2.13. The molecule has 0 radical (unpaired) electrons. The predicted molar refractivity (Wildman–Crippen MR) is 73.4 cm³/mol. The van der Waals surface area contributed by atoms with Crippen LogP contribution < -0.4 is 5.73 Å². The summed E-state index contributed by atoms with van der Waals surface area (Å²) in [7, 11) is 1.65. The maximum Gasteiger partial charge on any atom is 0.0700 e. The molecule has 0 amide bonds. The molecule has 17 heavy (non-hydrogen) atoms. The van der Waals surface area contributed by atoms with E-state index < -0.39 is 0 Å². The molecule has 96 valence electrons. The van der Waals surface area contributed by atoms with E-state index in [1.807, 2.05) is 18.2 Å². The van der Waals surface area contributed by atoms with Gasteiger partial charge in [-0.15, -0.1) is 0 Å². The van der Waals surface area contributed by atoms with Gasteiger partial charge in [0, 0.05) is 34.8 Å². The summed E-state index contributed by atoms with van der Waals surface area (Å²) in [5, 5.41) is 0.684. The van der Waals surface area contributed by atoms with Crippen LogP contribution in [-0.2, 0) is 9.47 Å². The van der Waals surface area contributed by atoms with Crippen molar-refractivity contribution in [3.05, 3.63) is 33.3 Å². The number of methoxy groups -OCH3 is 1. The predicted octanol–water partition coefficient (Wildman–Crippen LogP) is 3.16. The molecule has 0 spiro atoms. The van der Waals surface area contributed by atoms with Gasteiger partial charge in [0.15, 0.2) is 0 Å². The molecule has 0 aromatic heterocycles. The van der Waals surface area contributed by atoms with E-state index in [2.05, 4.69) is 15.9 Å². The van der Waals surface area contributed by atoms with Crippen molar-refractivity contribution >= 4 is 27.5 Å². The zero-order valence-electron chi connectivity index (χ0n) is 9.79. The number of rotatable bonds is 7. The van der Waals surface area contributed by atoms with E-state index in [0.717, 1.165) is 16.5 Å². The summed E-state index contributed by atoms with van der Waals surface area (Å²) < 4.78 is 11.2. The maximum atomic E-state index is 6.12. The second kappa shape index (κ2) is 8.06. The van der Waals surface area contributed by atoms with E-state index in [-0.39, 0.29) is 6.04 Å². The molecular weight excluding hydrogens is 305 g/mol. The van der Waals surface area contributed by atoms with Crippen LogP contribution in [-0.4, -0.2) is 26.9 Å². The van der Waals surface area contributed by atoms with Crippen molar-refractivity contribution in [1.82, 2.24) is 0 Å². The van der Waals surface area contributed by atoms with E-state index in [1.54, 1.807) is 7.11 Å². The summed E-state index contributed by atoms with van der Waals surface area (Å²) in [6, 6.07) is 5.54. The first-order valence-electron chi connectivity index (χ1n) is 5.43. The average Bonchev–Trinajstić information content (AvgIpc) is 2.28. The standard InChI is InChI=1S/C12H17BrClNO2/c1-16-7-8-17-6-5-11(15)12-9(13)3-2-4-10(12)14/h2-4,11H,5-8,15H2,1H3. The summed E-state index contributed by atoms with van der Waals surface area (Å²) in [5.41, 5.74) is 7.02. The van der Waals surface area contributed by atoms with Gasteiger partial charge in [0.1, 0.15) is 0 Å². The lowest BCUT2D eigenvalue weighted by Gasteiger charge is -2.15. The molecule has 0 bridgehead atoms. The van der Waals surface area contributed by atoms with Gasteiger partial charge in [0.25, 0.3) is 0 Å². The van der Waals surface area contributed by atoms with E-state index in [4.69, 9.17) is 26.8 Å². The first-order chi connectivity index (χ1) is 8.16. The van der Waals surface area contributed by atoms with Crippen molar-refractivity contribution in [2.24, 2.45) is 5.73 Å². The van der Waals surface area contributed by atoms with Crippen LogP contribution in [0.15, 0.2) is 22.7 Å². The highest BCUT2D eigenvalue weighted by Crippen LogP contribution is 2.30. The third-order valence-electron chi connectivity index (χ3n) is 2.38. The lowest BCUT2D eigenvalue weighted by Crippen LogP contribution is -2.15. The molecule has 1 rings (SSSR count). The molecule has 0 aliphatic carbocycles. The van der Waals surface area contributed by atoms with Crippen LogP contribution in [0.3, 0.4) is 0 Å². The van der Waals surface area contributed by atoms with Crippen molar-refractivity contribution < 1.29 is 9.47 Å². The zero-order valence-corrected chi connectivity index (χ0v) is 12.1. The van der Waals surface area contributed by atoms with Gasteiger partial charge in [0.2, 0.25) is 0 Å². The minimum atomic E-state index is -0.124. The molecule has 0 aliphatic rings.